The van der Waals surface area contributed by atoms with Gasteiger partial charge in [0.05, 0.1) is 11.3 Å². The van der Waals surface area contributed by atoms with Crippen molar-refractivity contribution in [2.75, 3.05) is 17.0 Å². The predicted molar refractivity (Wildman–Crippen MR) is 147 cm³/mol. The second-order valence-electron chi connectivity index (χ2n) is 8.57. The molecule has 0 aliphatic carbocycles. The number of sulfonamides is 1. The van der Waals surface area contributed by atoms with Crippen molar-refractivity contribution in [3.8, 4) is 11.1 Å². The summed E-state index contributed by atoms with van der Waals surface area (Å²) in [4.78, 5) is 18.0. The van der Waals surface area contributed by atoms with Crippen LogP contribution in [-0.4, -0.2) is 25.7 Å². The minimum atomic E-state index is -3.60. The zero-order chi connectivity index (χ0) is 25.0. The van der Waals surface area contributed by atoms with Crippen LogP contribution in [0.4, 0.5) is 5.69 Å². The van der Waals surface area contributed by atoms with Crippen LogP contribution in [-0.2, 0) is 16.6 Å². The molecule has 0 radical (unpaired) electrons. The number of nitrogens with zero attached hydrogens (tertiary/aromatic N) is 1. The third kappa shape index (κ3) is 5.43. The number of nitrogens with one attached hydrogen (secondary N) is 2. The van der Waals surface area contributed by atoms with E-state index in [0.29, 0.717) is 40.5 Å². The predicted octanol–water partition coefficient (Wildman–Crippen LogP) is 4.95. The summed E-state index contributed by atoms with van der Waals surface area (Å²) in [5.41, 5.74) is 3.65. The number of pyridine rings is 1. The minimum Gasteiger partial charge on any atom is -0.312 e. The first kappa shape index (κ1) is 23.7. The van der Waals surface area contributed by atoms with Gasteiger partial charge in [0, 0.05) is 41.3 Å². The van der Waals surface area contributed by atoms with Crippen LogP contribution >= 0.6 is 0 Å². The molecule has 0 bridgehead atoms. The molecule has 2 N–H and O–H groups in total. The van der Waals surface area contributed by atoms with E-state index in [1.54, 1.807) is 24.4 Å². The van der Waals surface area contributed by atoms with E-state index in [9.17, 15) is 13.2 Å². The Kier molecular flexibility index (Phi) is 6.75. The Bertz CT molecular complexity index is 1690. The van der Waals surface area contributed by atoms with Crippen molar-refractivity contribution >= 4 is 37.4 Å². The van der Waals surface area contributed by atoms with Crippen LogP contribution in [0.25, 0.3) is 32.8 Å². The molecule has 0 saturated carbocycles. The molecular weight excluding hydrogens is 470 g/mol. The van der Waals surface area contributed by atoms with Gasteiger partial charge in [-0.05, 0) is 40.8 Å². The Morgan fingerprint density at radius 1 is 0.750 bits per heavy atom. The van der Waals surface area contributed by atoms with Gasteiger partial charge in [-0.1, -0.05) is 72.8 Å². The monoisotopic (exact) mass is 495 g/mol. The topological polar surface area (TPSA) is 88.2 Å². The molecule has 0 aliphatic rings. The Morgan fingerprint density at radius 2 is 1.47 bits per heavy atom. The van der Waals surface area contributed by atoms with Gasteiger partial charge in [0.1, 0.15) is 0 Å². The highest BCUT2D eigenvalue weighted by molar-refractivity contribution is 7.92. The van der Waals surface area contributed by atoms with Crippen molar-refractivity contribution in [3.05, 3.63) is 119 Å². The van der Waals surface area contributed by atoms with E-state index in [4.69, 9.17) is 0 Å². The highest BCUT2D eigenvalue weighted by atomic mass is 32.2. The average molecular weight is 496 g/mol. The lowest BCUT2D eigenvalue weighted by atomic mass is 10.1. The van der Waals surface area contributed by atoms with Crippen LogP contribution in [0.2, 0.25) is 0 Å². The van der Waals surface area contributed by atoms with E-state index < -0.39 is 10.0 Å². The van der Waals surface area contributed by atoms with Gasteiger partial charge in [0.15, 0.2) is 5.43 Å². The molecular formula is C29H25N3O3S. The van der Waals surface area contributed by atoms with Crippen molar-refractivity contribution in [2.24, 2.45) is 0 Å². The van der Waals surface area contributed by atoms with Gasteiger partial charge in [-0.15, -0.1) is 0 Å². The maximum atomic E-state index is 13.5. The van der Waals surface area contributed by atoms with Crippen LogP contribution in [0.15, 0.2) is 108 Å². The van der Waals surface area contributed by atoms with E-state index in [1.807, 2.05) is 78.9 Å². The molecule has 5 aromatic rings. The number of benzene rings is 3. The SMILES string of the molecule is O=c1c2cc(NS(=O)(=O)CCNCc3ccccc3)ccc2ccc2ncc(-c3ccccc3)cc12. The van der Waals surface area contributed by atoms with Crippen molar-refractivity contribution in [1.82, 2.24) is 10.3 Å². The number of aromatic nitrogens is 1. The average Bonchev–Trinajstić information content (AvgIpc) is 3.04. The fraction of sp³-hybridized carbons (Fsp3) is 0.103. The second-order valence-corrected chi connectivity index (χ2v) is 10.4. The van der Waals surface area contributed by atoms with Gasteiger partial charge >= 0.3 is 0 Å². The number of rotatable bonds is 8. The molecule has 7 heteroatoms. The zero-order valence-corrected chi connectivity index (χ0v) is 20.3. The molecule has 0 aliphatic heterocycles. The molecule has 0 saturated heterocycles. The Balaban J connectivity index is 1.40. The molecule has 0 spiro atoms. The fourth-order valence-corrected chi connectivity index (χ4v) is 5.12. The Hall–Kier alpha value is -4.07. The third-order valence-electron chi connectivity index (χ3n) is 5.98. The fourth-order valence-electron chi connectivity index (χ4n) is 4.12. The van der Waals surface area contributed by atoms with Crippen LogP contribution in [0.1, 0.15) is 5.56 Å². The summed E-state index contributed by atoms with van der Waals surface area (Å²) in [5, 5.41) is 4.78. The van der Waals surface area contributed by atoms with Crippen molar-refractivity contribution in [3.63, 3.8) is 0 Å². The largest absolute Gasteiger partial charge is 0.312 e. The lowest BCUT2D eigenvalue weighted by Gasteiger charge is -2.09. The summed E-state index contributed by atoms with van der Waals surface area (Å²) in [5.74, 6) is -0.0854. The van der Waals surface area contributed by atoms with E-state index >= 15 is 0 Å². The Labute approximate surface area is 209 Å². The lowest BCUT2D eigenvalue weighted by molar-refractivity contribution is 0.595. The molecule has 36 heavy (non-hydrogen) atoms. The normalized spacial score (nSPS) is 11.6. The van der Waals surface area contributed by atoms with Crippen LogP contribution < -0.4 is 15.5 Å². The van der Waals surface area contributed by atoms with Gasteiger partial charge in [0.25, 0.3) is 0 Å². The second kappa shape index (κ2) is 10.3. The minimum absolute atomic E-state index is 0.0854. The van der Waals surface area contributed by atoms with Crippen molar-refractivity contribution in [1.29, 1.82) is 0 Å². The van der Waals surface area contributed by atoms with E-state index in [1.165, 1.54) is 0 Å². The van der Waals surface area contributed by atoms with Crippen molar-refractivity contribution < 1.29 is 8.42 Å². The first-order chi connectivity index (χ1) is 17.5. The lowest BCUT2D eigenvalue weighted by Crippen LogP contribution is -2.26. The molecule has 0 amide bonds. The smallest absolute Gasteiger partial charge is 0.233 e. The quantitative estimate of drug-likeness (QED) is 0.298. The number of anilines is 1. The highest BCUT2D eigenvalue weighted by Crippen LogP contribution is 2.23. The first-order valence-corrected chi connectivity index (χ1v) is 13.3. The van der Waals surface area contributed by atoms with Crippen molar-refractivity contribution in [2.45, 2.75) is 6.54 Å². The summed E-state index contributed by atoms with van der Waals surface area (Å²) in [7, 11) is -3.60. The number of hydrogen-bond acceptors (Lipinski definition) is 5. The van der Waals surface area contributed by atoms with Gasteiger partial charge in [-0.2, -0.15) is 0 Å². The molecule has 0 unspecified atom stereocenters. The standard InChI is InChI=1S/C29H25N3O3S/c33-29-26-18-25(32-36(34,35)16-15-30-19-21-7-3-1-4-8-21)13-11-23(26)12-14-28-27(29)17-24(20-31-28)22-9-5-2-6-10-22/h1-14,17-18,20,30,32H,15-16,19H2. The molecule has 0 fully saturated rings. The van der Waals surface area contributed by atoms with Crippen LogP contribution in [0, 0.1) is 0 Å². The summed E-state index contributed by atoms with van der Waals surface area (Å²) in [6, 6.07) is 30.1. The van der Waals surface area contributed by atoms with Gasteiger partial charge < -0.3 is 5.32 Å². The van der Waals surface area contributed by atoms with E-state index in [0.717, 1.165) is 16.7 Å². The molecule has 5 rings (SSSR count). The summed E-state index contributed by atoms with van der Waals surface area (Å²) in [6.45, 7) is 0.895. The third-order valence-corrected chi connectivity index (χ3v) is 7.27. The molecule has 180 valence electrons. The first-order valence-electron chi connectivity index (χ1n) is 11.7. The number of fused-ring (bicyclic) bond motifs is 2. The van der Waals surface area contributed by atoms with E-state index in [-0.39, 0.29) is 11.2 Å². The van der Waals surface area contributed by atoms with Gasteiger partial charge in [-0.25, -0.2) is 8.42 Å². The highest BCUT2D eigenvalue weighted by Gasteiger charge is 2.12. The van der Waals surface area contributed by atoms with Gasteiger partial charge in [0.2, 0.25) is 10.0 Å². The molecule has 4 aromatic carbocycles. The number of hydrogen-bond donors (Lipinski definition) is 2. The molecule has 0 atom stereocenters. The molecule has 1 heterocycles. The summed E-state index contributed by atoms with van der Waals surface area (Å²) >= 11 is 0. The maximum Gasteiger partial charge on any atom is 0.233 e. The van der Waals surface area contributed by atoms with Crippen LogP contribution in [0.5, 0.6) is 0 Å². The van der Waals surface area contributed by atoms with Gasteiger partial charge in [-0.3, -0.25) is 14.5 Å². The zero-order valence-electron chi connectivity index (χ0n) is 19.5. The maximum absolute atomic E-state index is 13.5. The summed E-state index contributed by atoms with van der Waals surface area (Å²) in [6.07, 6.45) is 1.76. The molecule has 1 aromatic heterocycles. The van der Waals surface area contributed by atoms with Crippen LogP contribution in [0.3, 0.4) is 0 Å². The van der Waals surface area contributed by atoms with E-state index in [2.05, 4.69) is 15.0 Å². The molecule has 6 nitrogen and oxygen atoms in total. The summed E-state index contributed by atoms with van der Waals surface area (Å²) < 4.78 is 27.9. The Morgan fingerprint density at radius 3 is 2.25 bits per heavy atom.